The van der Waals surface area contributed by atoms with Gasteiger partial charge in [-0.3, -0.25) is 0 Å². The maximum absolute atomic E-state index is 12.0. The molecule has 5 nitrogen and oxygen atoms in total. The number of sulfone groups is 1. The number of aryl methyl sites for hydroxylation is 1. The Hall–Kier alpha value is -0.340. The van der Waals surface area contributed by atoms with Crippen molar-refractivity contribution in [2.45, 2.75) is 25.1 Å². The topological polar surface area (TPSA) is 63.2 Å². The molecule has 2 rings (SSSR count). The molecule has 0 bridgehead atoms. The number of anilines is 1. The summed E-state index contributed by atoms with van der Waals surface area (Å²) in [4.78, 5) is 10.7. The van der Waals surface area contributed by atoms with E-state index in [-0.39, 0.29) is 0 Å². The monoisotopic (exact) mass is 379 g/mol. The Morgan fingerprint density at radius 3 is 2.90 bits per heavy atom. The average Bonchev–Trinajstić information content (AvgIpc) is 2.37. The Kier molecular flexibility index (Phi) is 5.30. The van der Waals surface area contributed by atoms with Gasteiger partial charge in [0.1, 0.15) is 21.6 Å². The largest absolute Gasteiger partial charge is 0.338 e. The molecule has 0 spiro atoms. The lowest BCUT2D eigenvalue weighted by atomic mass is 10.3. The minimum absolute atomic E-state index is 0.502. The van der Waals surface area contributed by atoms with Crippen molar-refractivity contribution in [3.05, 3.63) is 16.5 Å². The lowest BCUT2D eigenvalue weighted by Gasteiger charge is -2.35. The molecule has 1 aliphatic heterocycles. The summed E-state index contributed by atoms with van der Waals surface area (Å²) < 4.78 is 24.6. The van der Waals surface area contributed by atoms with E-state index in [1.54, 1.807) is 17.8 Å². The third kappa shape index (κ3) is 3.85. The molecule has 1 atom stereocenters. The summed E-state index contributed by atoms with van der Waals surface area (Å²) in [6.45, 7) is 2.76. The van der Waals surface area contributed by atoms with Gasteiger partial charge in [-0.1, -0.05) is 6.92 Å². The van der Waals surface area contributed by atoms with Crippen LogP contribution in [-0.4, -0.2) is 48.1 Å². The van der Waals surface area contributed by atoms with Crippen LogP contribution >= 0.6 is 27.7 Å². The van der Waals surface area contributed by atoms with Gasteiger partial charge in [-0.15, -0.1) is 0 Å². The predicted molar refractivity (Wildman–Crippen MR) is 87.0 cm³/mol. The third-order valence-electron chi connectivity index (χ3n) is 3.07. The fraction of sp³-hybridized carbons (Fsp3) is 0.667. The predicted octanol–water partition coefficient (Wildman–Crippen LogP) is 2.12. The zero-order valence-corrected chi connectivity index (χ0v) is 14.8. The zero-order valence-electron chi connectivity index (χ0n) is 11.5. The minimum atomic E-state index is -3.13. The molecule has 0 aromatic carbocycles. The fourth-order valence-corrected chi connectivity index (χ4v) is 5.37. The quantitative estimate of drug-likeness (QED) is 0.746. The Balaban J connectivity index is 2.37. The summed E-state index contributed by atoms with van der Waals surface area (Å²) >= 11 is 5.06. The molecule has 0 aliphatic carbocycles. The SMILES string of the molecule is CCCc1nc(Br)cc(N2CCSCC2S(C)(=O)=O)n1. The van der Waals surface area contributed by atoms with Gasteiger partial charge >= 0.3 is 0 Å². The second-order valence-corrected chi connectivity index (χ2v) is 8.93. The van der Waals surface area contributed by atoms with Gasteiger partial charge in [0.2, 0.25) is 0 Å². The van der Waals surface area contributed by atoms with Gasteiger partial charge in [-0.25, -0.2) is 18.4 Å². The van der Waals surface area contributed by atoms with Crippen LogP contribution in [-0.2, 0) is 16.3 Å². The number of thioether (sulfide) groups is 1. The van der Waals surface area contributed by atoms with Gasteiger partial charge < -0.3 is 4.90 Å². The summed E-state index contributed by atoms with van der Waals surface area (Å²) in [7, 11) is -3.13. The molecule has 0 amide bonds. The highest BCUT2D eigenvalue weighted by Gasteiger charge is 2.32. The summed E-state index contributed by atoms with van der Waals surface area (Å²) in [6, 6.07) is 1.80. The molecule has 8 heteroatoms. The molecule has 1 aliphatic rings. The van der Waals surface area contributed by atoms with E-state index in [2.05, 4.69) is 32.8 Å². The standard InChI is InChI=1S/C12H18BrN3O2S2/c1-3-4-10-14-9(13)7-11(15-10)16-5-6-19-8-12(16)20(2,17)18/h7,12H,3-6,8H2,1-2H3. The van der Waals surface area contributed by atoms with Gasteiger partial charge in [0, 0.05) is 36.8 Å². The van der Waals surface area contributed by atoms with Crippen LogP contribution in [0, 0.1) is 0 Å². The smallest absolute Gasteiger partial charge is 0.169 e. The van der Waals surface area contributed by atoms with Gasteiger partial charge in [0.15, 0.2) is 9.84 Å². The van der Waals surface area contributed by atoms with Crippen LogP contribution in [0.4, 0.5) is 5.82 Å². The first-order valence-corrected chi connectivity index (χ1v) is 10.4. The maximum Gasteiger partial charge on any atom is 0.169 e. The van der Waals surface area contributed by atoms with Crippen molar-refractivity contribution in [2.24, 2.45) is 0 Å². The Morgan fingerprint density at radius 2 is 2.25 bits per heavy atom. The normalized spacial score (nSPS) is 20.1. The third-order valence-corrected chi connectivity index (χ3v) is 6.12. The van der Waals surface area contributed by atoms with Crippen LogP contribution in [0.1, 0.15) is 19.2 Å². The lowest BCUT2D eigenvalue weighted by Crippen LogP contribution is -2.47. The van der Waals surface area contributed by atoms with E-state index < -0.39 is 15.2 Å². The van der Waals surface area contributed by atoms with Crippen molar-refractivity contribution in [3.63, 3.8) is 0 Å². The maximum atomic E-state index is 12.0. The van der Waals surface area contributed by atoms with E-state index >= 15 is 0 Å². The first kappa shape index (κ1) is 16.0. The highest BCUT2D eigenvalue weighted by atomic mass is 79.9. The van der Waals surface area contributed by atoms with Crippen LogP contribution in [0.2, 0.25) is 0 Å². The molecule has 1 fully saturated rings. The second kappa shape index (κ2) is 6.62. The van der Waals surface area contributed by atoms with Crippen molar-refractivity contribution >= 4 is 43.3 Å². The summed E-state index contributed by atoms with van der Waals surface area (Å²) in [5.74, 6) is 2.95. The molecular weight excluding hydrogens is 362 g/mol. The van der Waals surface area contributed by atoms with Crippen molar-refractivity contribution in [1.82, 2.24) is 9.97 Å². The molecule has 2 heterocycles. The van der Waals surface area contributed by atoms with Crippen LogP contribution < -0.4 is 4.90 Å². The van der Waals surface area contributed by atoms with Gasteiger partial charge in [0.05, 0.1) is 0 Å². The van der Waals surface area contributed by atoms with Crippen molar-refractivity contribution < 1.29 is 8.42 Å². The van der Waals surface area contributed by atoms with E-state index in [0.717, 1.165) is 24.4 Å². The fourth-order valence-electron chi connectivity index (χ4n) is 2.13. The molecular formula is C12H18BrN3O2S2. The molecule has 0 saturated carbocycles. The summed E-state index contributed by atoms with van der Waals surface area (Å²) in [6.07, 6.45) is 3.04. The first-order chi connectivity index (χ1) is 9.41. The van der Waals surface area contributed by atoms with E-state index in [4.69, 9.17) is 0 Å². The van der Waals surface area contributed by atoms with Gasteiger partial charge in [-0.2, -0.15) is 11.8 Å². The highest BCUT2D eigenvalue weighted by molar-refractivity contribution is 9.10. The summed E-state index contributed by atoms with van der Waals surface area (Å²) in [5, 5.41) is -0.502. The number of nitrogens with zero attached hydrogens (tertiary/aromatic N) is 3. The summed E-state index contributed by atoms with van der Waals surface area (Å²) in [5.41, 5.74) is 0. The van der Waals surface area contributed by atoms with Crippen LogP contribution in [0.3, 0.4) is 0 Å². The minimum Gasteiger partial charge on any atom is -0.338 e. The number of hydrogen-bond acceptors (Lipinski definition) is 6. The molecule has 1 unspecified atom stereocenters. The van der Waals surface area contributed by atoms with E-state index in [1.165, 1.54) is 6.26 Å². The molecule has 112 valence electrons. The Bertz CT molecular complexity index is 580. The highest BCUT2D eigenvalue weighted by Crippen LogP contribution is 2.27. The van der Waals surface area contributed by atoms with Crippen LogP contribution in [0.5, 0.6) is 0 Å². The number of rotatable bonds is 4. The molecule has 1 saturated heterocycles. The van der Waals surface area contributed by atoms with Crippen molar-refractivity contribution in [1.29, 1.82) is 0 Å². The van der Waals surface area contributed by atoms with E-state index in [1.807, 2.05) is 4.90 Å². The van der Waals surface area contributed by atoms with Gasteiger partial charge in [-0.05, 0) is 22.4 Å². The molecule has 0 radical (unpaired) electrons. The van der Waals surface area contributed by atoms with Crippen molar-refractivity contribution in [3.8, 4) is 0 Å². The molecule has 1 aromatic heterocycles. The molecule has 20 heavy (non-hydrogen) atoms. The number of halogens is 1. The van der Waals surface area contributed by atoms with Crippen molar-refractivity contribution in [2.75, 3.05) is 29.2 Å². The van der Waals surface area contributed by atoms with Gasteiger partial charge in [0.25, 0.3) is 0 Å². The average molecular weight is 380 g/mol. The van der Waals surface area contributed by atoms with Crippen LogP contribution in [0.25, 0.3) is 0 Å². The second-order valence-electron chi connectivity index (χ2n) is 4.77. The zero-order chi connectivity index (χ0) is 14.8. The van der Waals surface area contributed by atoms with E-state index in [9.17, 15) is 8.42 Å². The first-order valence-electron chi connectivity index (χ1n) is 6.48. The molecule has 0 N–H and O–H groups in total. The van der Waals surface area contributed by atoms with Crippen LogP contribution in [0.15, 0.2) is 10.7 Å². The Labute approximate surface area is 132 Å². The number of hydrogen-bond donors (Lipinski definition) is 0. The number of aromatic nitrogens is 2. The van der Waals surface area contributed by atoms with E-state index in [0.29, 0.717) is 22.7 Å². The Morgan fingerprint density at radius 1 is 1.50 bits per heavy atom. The lowest BCUT2D eigenvalue weighted by molar-refractivity contribution is 0.583. The molecule has 1 aromatic rings.